The van der Waals surface area contributed by atoms with Gasteiger partial charge in [0.25, 0.3) is 0 Å². The predicted octanol–water partition coefficient (Wildman–Crippen LogP) is 4.08. The van der Waals surface area contributed by atoms with E-state index in [0.29, 0.717) is 28.3 Å². The molecule has 22 heavy (non-hydrogen) atoms. The van der Waals surface area contributed by atoms with Gasteiger partial charge in [0.15, 0.2) is 17.4 Å². The smallest absolute Gasteiger partial charge is 0.200 e. The van der Waals surface area contributed by atoms with Gasteiger partial charge in [-0.2, -0.15) is 0 Å². The molecule has 0 spiro atoms. The molecule has 1 aliphatic carbocycles. The fourth-order valence-electron chi connectivity index (χ4n) is 2.46. The highest BCUT2D eigenvalue weighted by molar-refractivity contribution is 7.98. The molecule has 0 radical (unpaired) electrons. The van der Waals surface area contributed by atoms with Crippen LogP contribution in [0.3, 0.4) is 0 Å². The van der Waals surface area contributed by atoms with Gasteiger partial charge in [0, 0.05) is 22.9 Å². The van der Waals surface area contributed by atoms with Gasteiger partial charge >= 0.3 is 0 Å². The molecule has 116 valence electrons. The Balaban J connectivity index is 2.04. The quantitative estimate of drug-likeness (QED) is 0.642. The number of ketones is 1. The van der Waals surface area contributed by atoms with Crippen molar-refractivity contribution in [3.63, 3.8) is 0 Å². The van der Waals surface area contributed by atoms with Crippen LogP contribution in [0.5, 0.6) is 0 Å². The van der Waals surface area contributed by atoms with Crippen LogP contribution in [0, 0.1) is 5.82 Å². The molecule has 1 aromatic carbocycles. The monoisotopic (exact) mass is 320 g/mol. The first-order valence-corrected chi connectivity index (χ1v) is 8.49. The summed E-state index contributed by atoms with van der Waals surface area (Å²) in [5.41, 5.74) is 1.02. The van der Waals surface area contributed by atoms with Gasteiger partial charge in [-0.3, -0.25) is 4.79 Å². The second-order valence-corrected chi connectivity index (χ2v) is 6.09. The topological polar surface area (TPSA) is 55.1 Å². The minimum atomic E-state index is -0.385. The normalized spacial score (nSPS) is 14.1. The van der Waals surface area contributed by atoms with Gasteiger partial charge in [0.2, 0.25) is 0 Å². The molecule has 0 amide bonds. The van der Waals surface area contributed by atoms with Crippen LogP contribution >= 0.6 is 11.8 Å². The first-order chi connectivity index (χ1) is 10.7. The third-order valence-corrected chi connectivity index (χ3v) is 4.47. The first kappa shape index (κ1) is 15.1. The van der Waals surface area contributed by atoms with Gasteiger partial charge in [-0.15, -0.1) is 11.8 Å². The van der Waals surface area contributed by atoms with E-state index >= 15 is 0 Å². The Morgan fingerprint density at radius 2 is 2.23 bits per heavy atom. The van der Waals surface area contributed by atoms with Gasteiger partial charge < -0.3 is 9.84 Å². The number of hydrogen-bond donors (Lipinski definition) is 1. The molecule has 1 heterocycles. The Bertz CT molecular complexity index is 710. The van der Waals surface area contributed by atoms with Crippen molar-refractivity contribution in [1.82, 2.24) is 5.16 Å². The van der Waals surface area contributed by atoms with Gasteiger partial charge in [-0.1, -0.05) is 5.16 Å². The Hall–Kier alpha value is -1.82. The molecule has 1 saturated carbocycles. The van der Waals surface area contributed by atoms with Crippen molar-refractivity contribution in [3.05, 3.63) is 41.0 Å². The van der Waals surface area contributed by atoms with Crippen LogP contribution in [0.1, 0.15) is 47.4 Å². The van der Waals surface area contributed by atoms with Crippen molar-refractivity contribution in [1.29, 1.82) is 0 Å². The molecule has 4 nitrogen and oxygen atoms in total. The number of halogens is 1. The lowest BCUT2D eigenvalue weighted by atomic mass is 10.0. The maximum atomic E-state index is 14.5. The number of carbonyl (C=O) groups is 1. The average molecular weight is 320 g/mol. The molecule has 6 heteroatoms. The number of thioether (sulfide) groups is 1. The summed E-state index contributed by atoms with van der Waals surface area (Å²) in [6, 6.07) is 3.30. The zero-order chi connectivity index (χ0) is 15.7. The van der Waals surface area contributed by atoms with Gasteiger partial charge in [-0.25, -0.2) is 4.39 Å². The van der Waals surface area contributed by atoms with Gasteiger partial charge in [0.05, 0.1) is 17.4 Å². The Morgan fingerprint density at radius 3 is 2.86 bits per heavy atom. The highest BCUT2D eigenvalue weighted by atomic mass is 32.2. The highest BCUT2D eigenvalue weighted by Gasteiger charge is 2.33. The summed E-state index contributed by atoms with van der Waals surface area (Å²) in [6.07, 6.45) is 5.26. The van der Waals surface area contributed by atoms with Crippen molar-refractivity contribution in [3.8, 4) is 0 Å². The lowest BCUT2D eigenvalue weighted by molar-refractivity contribution is 0.103. The summed E-state index contributed by atoms with van der Waals surface area (Å²) in [5.74, 6) is 0.274. The van der Waals surface area contributed by atoms with Crippen LogP contribution in [0.15, 0.2) is 27.7 Å². The van der Waals surface area contributed by atoms with Crippen LogP contribution in [0.25, 0.3) is 0 Å². The van der Waals surface area contributed by atoms with E-state index in [-0.39, 0.29) is 23.2 Å². The standard InChI is InChI=1S/C16H17FN2O2S/c1-3-18-14-10(6-7-12(22-2)13(14)17)15(20)11-8-19-21-16(11)9-4-5-9/h6-9,18H,3-5H2,1-2H3. The van der Waals surface area contributed by atoms with Crippen LogP contribution in [0.4, 0.5) is 10.1 Å². The maximum absolute atomic E-state index is 14.5. The minimum Gasteiger partial charge on any atom is -0.382 e. The van der Waals surface area contributed by atoms with Crippen molar-refractivity contribution >= 4 is 23.2 Å². The summed E-state index contributed by atoms with van der Waals surface area (Å²) in [7, 11) is 0. The molecule has 0 atom stereocenters. The minimum absolute atomic E-state index is 0.245. The second-order valence-electron chi connectivity index (χ2n) is 5.24. The molecular weight excluding hydrogens is 303 g/mol. The van der Waals surface area contributed by atoms with E-state index in [1.54, 1.807) is 18.4 Å². The van der Waals surface area contributed by atoms with Crippen molar-refractivity contribution < 1.29 is 13.7 Å². The molecule has 0 bridgehead atoms. The zero-order valence-corrected chi connectivity index (χ0v) is 13.3. The molecule has 1 N–H and O–H groups in total. The third-order valence-electron chi connectivity index (χ3n) is 3.72. The second kappa shape index (κ2) is 6.12. The number of benzene rings is 1. The summed E-state index contributed by atoms with van der Waals surface area (Å²) in [4.78, 5) is 13.3. The summed E-state index contributed by atoms with van der Waals surface area (Å²) in [6.45, 7) is 2.41. The molecule has 0 aliphatic heterocycles. The summed E-state index contributed by atoms with van der Waals surface area (Å²) >= 11 is 1.31. The number of carbonyl (C=O) groups excluding carboxylic acids is 1. The van der Waals surface area contributed by atoms with Crippen LogP contribution < -0.4 is 5.32 Å². The van der Waals surface area contributed by atoms with E-state index < -0.39 is 0 Å². The summed E-state index contributed by atoms with van der Waals surface area (Å²) in [5, 5.41) is 6.71. The average Bonchev–Trinajstić information content (AvgIpc) is 3.25. The summed E-state index contributed by atoms with van der Waals surface area (Å²) < 4.78 is 19.7. The lowest BCUT2D eigenvalue weighted by Crippen LogP contribution is -2.11. The number of nitrogens with one attached hydrogen (secondary N) is 1. The van der Waals surface area contributed by atoms with Crippen molar-refractivity contribution in [2.75, 3.05) is 18.1 Å². The molecular formula is C16H17FN2O2S. The maximum Gasteiger partial charge on any atom is 0.200 e. The molecule has 2 aromatic rings. The Morgan fingerprint density at radius 1 is 1.45 bits per heavy atom. The zero-order valence-electron chi connectivity index (χ0n) is 12.5. The van der Waals surface area contributed by atoms with E-state index in [2.05, 4.69) is 10.5 Å². The molecule has 1 fully saturated rings. The molecule has 0 saturated heterocycles. The van der Waals surface area contributed by atoms with Gasteiger partial charge in [0.1, 0.15) is 0 Å². The third kappa shape index (κ3) is 2.63. The van der Waals surface area contributed by atoms with Gasteiger partial charge in [-0.05, 0) is 38.2 Å². The Kier molecular flexibility index (Phi) is 4.20. The fraction of sp³-hybridized carbons (Fsp3) is 0.375. The van der Waals surface area contributed by atoms with Crippen LogP contribution in [-0.2, 0) is 0 Å². The van der Waals surface area contributed by atoms with E-state index in [9.17, 15) is 9.18 Å². The van der Waals surface area contributed by atoms with Crippen molar-refractivity contribution in [2.24, 2.45) is 0 Å². The molecule has 0 unspecified atom stereocenters. The number of nitrogens with zero attached hydrogens (tertiary/aromatic N) is 1. The van der Waals surface area contributed by atoms with Crippen LogP contribution in [0.2, 0.25) is 0 Å². The van der Waals surface area contributed by atoms with Crippen molar-refractivity contribution in [2.45, 2.75) is 30.6 Å². The predicted molar refractivity (Wildman–Crippen MR) is 84.3 cm³/mol. The first-order valence-electron chi connectivity index (χ1n) is 7.27. The van der Waals surface area contributed by atoms with E-state index in [0.717, 1.165) is 12.8 Å². The SMILES string of the molecule is CCNc1c(C(=O)c2cnoc2C2CC2)ccc(SC)c1F. The highest BCUT2D eigenvalue weighted by Crippen LogP contribution is 2.42. The molecule has 1 aromatic heterocycles. The Labute approximate surface area is 132 Å². The lowest BCUT2D eigenvalue weighted by Gasteiger charge is -2.13. The number of aromatic nitrogens is 1. The largest absolute Gasteiger partial charge is 0.382 e. The van der Waals surface area contributed by atoms with E-state index in [1.165, 1.54) is 18.0 Å². The number of rotatable bonds is 6. The van der Waals surface area contributed by atoms with E-state index in [4.69, 9.17) is 4.52 Å². The molecule has 3 rings (SSSR count). The molecule has 1 aliphatic rings. The fourth-order valence-corrected chi connectivity index (χ4v) is 2.94. The number of hydrogen-bond acceptors (Lipinski definition) is 5. The van der Waals surface area contributed by atoms with E-state index in [1.807, 2.05) is 6.92 Å². The number of anilines is 1. The van der Waals surface area contributed by atoms with Crippen LogP contribution in [-0.4, -0.2) is 23.7 Å².